The van der Waals surface area contributed by atoms with Crippen LogP contribution in [-0.4, -0.2) is 10.5 Å². The van der Waals surface area contributed by atoms with E-state index in [2.05, 4.69) is 29.5 Å². The van der Waals surface area contributed by atoms with Crippen molar-refractivity contribution in [1.29, 1.82) is 0 Å². The number of nitrogens with one attached hydrogen (secondary N) is 1. The second-order valence-corrected chi connectivity index (χ2v) is 6.15. The Morgan fingerprint density at radius 1 is 1.31 bits per heavy atom. The number of aryl methyl sites for hydroxylation is 1. The number of aromatic nitrogens is 1. The molecule has 1 heterocycles. The molecule has 3 heteroatoms. The van der Waals surface area contributed by atoms with Gasteiger partial charge in [-0.2, -0.15) is 0 Å². The Hall–Kier alpha value is -0.410. The average molecular weight is 238 g/mol. The van der Waals surface area contributed by atoms with Crippen LogP contribution in [0.3, 0.4) is 0 Å². The standard InChI is InChI=1S/C13H22N2S/c1-11-10-16-12(15-11)9-14-13(2)7-5-3-4-6-8-13/h10,14H,3-9H2,1-2H3. The maximum atomic E-state index is 4.51. The van der Waals surface area contributed by atoms with Crippen LogP contribution >= 0.6 is 11.3 Å². The molecule has 2 rings (SSSR count). The van der Waals surface area contributed by atoms with E-state index in [1.54, 1.807) is 11.3 Å². The molecule has 1 aromatic heterocycles. The van der Waals surface area contributed by atoms with Gasteiger partial charge in [0.05, 0.1) is 0 Å². The molecule has 0 amide bonds. The summed E-state index contributed by atoms with van der Waals surface area (Å²) in [6.07, 6.45) is 8.21. The third-order valence-corrected chi connectivity index (χ3v) is 4.51. The molecular formula is C13H22N2S. The van der Waals surface area contributed by atoms with Crippen LogP contribution in [0.5, 0.6) is 0 Å². The molecule has 1 fully saturated rings. The lowest BCUT2D eigenvalue weighted by Gasteiger charge is -2.29. The molecule has 1 N–H and O–H groups in total. The molecule has 0 atom stereocenters. The van der Waals surface area contributed by atoms with Crippen molar-refractivity contribution >= 4 is 11.3 Å². The zero-order valence-electron chi connectivity index (χ0n) is 10.4. The van der Waals surface area contributed by atoms with Crippen molar-refractivity contribution in [3.05, 3.63) is 16.1 Å². The third kappa shape index (κ3) is 3.29. The number of hydrogen-bond donors (Lipinski definition) is 1. The molecule has 0 unspecified atom stereocenters. The van der Waals surface area contributed by atoms with Crippen molar-refractivity contribution in [3.8, 4) is 0 Å². The topological polar surface area (TPSA) is 24.9 Å². The smallest absolute Gasteiger partial charge is 0.107 e. The van der Waals surface area contributed by atoms with Crippen molar-refractivity contribution in [3.63, 3.8) is 0 Å². The fourth-order valence-corrected chi connectivity index (χ4v) is 3.17. The molecule has 0 radical (unpaired) electrons. The largest absolute Gasteiger partial charge is 0.305 e. The maximum Gasteiger partial charge on any atom is 0.107 e. The zero-order valence-corrected chi connectivity index (χ0v) is 11.2. The van der Waals surface area contributed by atoms with E-state index in [-0.39, 0.29) is 0 Å². The molecule has 16 heavy (non-hydrogen) atoms. The van der Waals surface area contributed by atoms with Crippen molar-refractivity contribution in [2.75, 3.05) is 0 Å². The van der Waals surface area contributed by atoms with Gasteiger partial charge in [-0.1, -0.05) is 25.7 Å². The zero-order chi connectivity index (χ0) is 11.4. The van der Waals surface area contributed by atoms with Gasteiger partial charge in [-0.3, -0.25) is 0 Å². The van der Waals surface area contributed by atoms with E-state index in [9.17, 15) is 0 Å². The summed E-state index contributed by atoms with van der Waals surface area (Å²) in [6.45, 7) is 5.38. The summed E-state index contributed by atoms with van der Waals surface area (Å²) in [5.74, 6) is 0. The molecule has 1 saturated carbocycles. The average Bonchev–Trinajstić information content (AvgIpc) is 2.54. The first-order valence-corrected chi connectivity index (χ1v) is 7.22. The molecule has 90 valence electrons. The predicted molar refractivity (Wildman–Crippen MR) is 69.8 cm³/mol. The maximum absolute atomic E-state index is 4.51. The van der Waals surface area contributed by atoms with E-state index < -0.39 is 0 Å². The van der Waals surface area contributed by atoms with Gasteiger partial charge in [0.2, 0.25) is 0 Å². The Bertz CT molecular complexity index is 324. The predicted octanol–water partition coefficient (Wildman–Crippen LogP) is 3.65. The van der Waals surface area contributed by atoms with Gasteiger partial charge < -0.3 is 5.32 Å². The first kappa shape index (κ1) is 12.1. The van der Waals surface area contributed by atoms with Gasteiger partial charge in [0.1, 0.15) is 5.01 Å². The van der Waals surface area contributed by atoms with Gasteiger partial charge in [0, 0.05) is 23.2 Å². The fraction of sp³-hybridized carbons (Fsp3) is 0.769. The first-order valence-electron chi connectivity index (χ1n) is 6.34. The highest BCUT2D eigenvalue weighted by molar-refractivity contribution is 7.09. The monoisotopic (exact) mass is 238 g/mol. The summed E-state index contributed by atoms with van der Waals surface area (Å²) >= 11 is 1.77. The molecule has 0 spiro atoms. The SMILES string of the molecule is Cc1csc(CNC2(C)CCCCCC2)n1. The summed E-state index contributed by atoms with van der Waals surface area (Å²) in [5, 5.41) is 7.07. The van der Waals surface area contributed by atoms with Crippen molar-refractivity contribution in [2.24, 2.45) is 0 Å². The number of hydrogen-bond acceptors (Lipinski definition) is 3. The van der Waals surface area contributed by atoms with Crippen LogP contribution < -0.4 is 5.32 Å². The van der Waals surface area contributed by atoms with E-state index in [0.29, 0.717) is 5.54 Å². The molecule has 0 aliphatic heterocycles. The van der Waals surface area contributed by atoms with Crippen molar-refractivity contribution in [1.82, 2.24) is 10.3 Å². The van der Waals surface area contributed by atoms with Gasteiger partial charge in [-0.05, 0) is 26.7 Å². The number of nitrogens with zero attached hydrogens (tertiary/aromatic N) is 1. The minimum atomic E-state index is 0.343. The van der Waals surface area contributed by atoms with Crippen molar-refractivity contribution in [2.45, 2.75) is 64.5 Å². The van der Waals surface area contributed by atoms with Gasteiger partial charge in [-0.25, -0.2) is 4.98 Å². The highest BCUT2D eigenvalue weighted by Gasteiger charge is 2.24. The molecule has 2 nitrogen and oxygen atoms in total. The van der Waals surface area contributed by atoms with Crippen molar-refractivity contribution < 1.29 is 0 Å². The van der Waals surface area contributed by atoms with Gasteiger partial charge in [0.25, 0.3) is 0 Å². The third-order valence-electron chi connectivity index (χ3n) is 3.54. The second kappa shape index (κ2) is 5.28. The van der Waals surface area contributed by atoms with Gasteiger partial charge in [-0.15, -0.1) is 11.3 Å². The van der Waals surface area contributed by atoms with E-state index >= 15 is 0 Å². The first-order chi connectivity index (χ1) is 7.68. The molecule has 0 saturated heterocycles. The van der Waals surface area contributed by atoms with Gasteiger partial charge >= 0.3 is 0 Å². The van der Waals surface area contributed by atoms with E-state index in [0.717, 1.165) is 12.2 Å². The highest BCUT2D eigenvalue weighted by atomic mass is 32.1. The minimum absolute atomic E-state index is 0.343. The Balaban J connectivity index is 1.87. The highest BCUT2D eigenvalue weighted by Crippen LogP contribution is 2.27. The summed E-state index contributed by atoms with van der Waals surface area (Å²) in [4.78, 5) is 4.51. The van der Waals surface area contributed by atoms with E-state index in [1.165, 1.54) is 43.5 Å². The quantitative estimate of drug-likeness (QED) is 0.813. The Morgan fingerprint density at radius 3 is 2.56 bits per heavy atom. The summed E-state index contributed by atoms with van der Waals surface area (Å²) in [6, 6.07) is 0. The number of rotatable bonds is 3. The van der Waals surface area contributed by atoms with Gasteiger partial charge in [0.15, 0.2) is 0 Å². The molecule has 1 aromatic rings. The Kier molecular flexibility index (Phi) is 3.98. The second-order valence-electron chi connectivity index (χ2n) is 5.21. The van der Waals surface area contributed by atoms with Crippen LogP contribution in [0.15, 0.2) is 5.38 Å². The van der Waals surface area contributed by atoms with Crippen LogP contribution in [0.2, 0.25) is 0 Å². The summed E-state index contributed by atoms with van der Waals surface area (Å²) < 4.78 is 0. The van der Waals surface area contributed by atoms with Crippen LogP contribution in [0.1, 0.15) is 56.2 Å². The normalized spacial score (nSPS) is 20.6. The van der Waals surface area contributed by atoms with Crippen LogP contribution in [0, 0.1) is 6.92 Å². The van der Waals surface area contributed by atoms with E-state index in [4.69, 9.17) is 0 Å². The van der Waals surface area contributed by atoms with E-state index in [1.807, 2.05) is 0 Å². The molecule has 1 aliphatic carbocycles. The number of thiazole rings is 1. The summed E-state index contributed by atoms with van der Waals surface area (Å²) in [5.41, 5.74) is 1.49. The minimum Gasteiger partial charge on any atom is -0.305 e. The van der Waals surface area contributed by atoms with Crippen LogP contribution in [0.25, 0.3) is 0 Å². The summed E-state index contributed by atoms with van der Waals surface area (Å²) in [7, 11) is 0. The lowest BCUT2D eigenvalue weighted by molar-refractivity contribution is 0.310. The van der Waals surface area contributed by atoms with Crippen LogP contribution in [-0.2, 0) is 6.54 Å². The Labute approximate surface area is 102 Å². The molecule has 0 aromatic carbocycles. The molecule has 1 aliphatic rings. The molecule has 0 bridgehead atoms. The molecular weight excluding hydrogens is 216 g/mol. The lowest BCUT2D eigenvalue weighted by Crippen LogP contribution is -2.41. The Morgan fingerprint density at radius 2 is 2.00 bits per heavy atom. The lowest BCUT2D eigenvalue weighted by atomic mass is 9.93. The van der Waals surface area contributed by atoms with Crippen LogP contribution in [0.4, 0.5) is 0 Å². The fourth-order valence-electron chi connectivity index (χ4n) is 2.46.